The first-order valence-electron chi connectivity index (χ1n) is 10.0. The molecule has 0 aliphatic carbocycles. The topological polar surface area (TPSA) is 76.6 Å². The van der Waals surface area contributed by atoms with Gasteiger partial charge in [0.05, 0.1) is 17.6 Å². The van der Waals surface area contributed by atoms with E-state index in [1.54, 1.807) is 0 Å². The molecule has 28 heavy (non-hydrogen) atoms. The maximum atomic E-state index is 12.1. The number of hydrogen-bond donors (Lipinski definition) is 1. The van der Waals surface area contributed by atoms with Gasteiger partial charge in [-0.2, -0.15) is 0 Å². The number of alkyl carbamates (subject to hydrolysis) is 1. The van der Waals surface area contributed by atoms with E-state index in [1.165, 1.54) is 0 Å². The molecule has 1 saturated heterocycles. The molecule has 1 amide bonds. The average molecular weight is 386 g/mol. The van der Waals surface area contributed by atoms with Crippen LogP contribution < -0.4 is 15.0 Å². The van der Waals surface area contributed by atoms with Crippen LogP contribution in [0.5, 0.6) is 5.88 Å². The molecule has 2 aromatic rings. The summed E-state index contributed by atoms with van der Waals surface area (Å²) in [7, 11) is 0. The molecule has 1 fully saturated rings. The van der Waals surface area contributed by atoms with Crippen molar-refractivity contribution >= 4 is 22.9 Å². The van der Waals surface area contributed by atoms with Gasteiger partial charge in [-0.25, -0.2) is 14.8 Å². The number of nitrogens with zero attached hydrogens (tertiary/aromatic N) is 3. The van der Waals surface area contributed by atoms with Crippen LogP contribution in [0.4, 0.5) is 10.6 Å². The van der Waals surface area contributed by atoms with Gasteiger partial charge >= 0.3 is 6.09 Å². The Kier molecular flexibility index (Phi) is 6.21. The third-order valence-corrected chi connectivity index (χ3v) is 4.58. The largest absolute Gasteiger partial charge is 0.475 e. The van der Waals surface area contributed by atoms with E-state index in [9.17, 15) is 4.79 Å². The average Bonchev–Trinajstić information content (AvgIpc) is 2.65. The Hall–Kier alpha value is -2.57. The van der Waals surface area contributed by atoms with Gasteiger partial charge in [-0.05, 0) is 59.1 Å². The van der Waals surface area contributed by atoms with Crippen molar-refractivity contribution in [2.45, 2.75) is 58.6 Å². The van der Waals surface area contributed by atoms with E-state index in [4.69, 9.17) is 14.5 Å². The van der Waals surface area contributed by atoms with Crippen LogP contribution in [-0.2, 0) is 4.74 Å². The Bertz CT molecular complexity index is 819. The van der Waals surface area contributed by atoms with Crippen molar-refractivity contribution in [3.05, 3.63) is 24.3 Å². The monoisotopic (exact) mass is 386 g/mol. The lowest BCUT2D eigenvalue weighted by molar-refractivity contribution is 0.0523. The van der Waals surface area contributed by atoms with Crippen molar-refractivity contribution in [1.82, 2.24) is 15.3 Å². The number of carbonyl (C=O) groups is 1. The van der Waals surface area contributed by atoms with E-state index in [-0.39, 0.29) is 6.04 Å². The van der Waals surface area contributed by atoms with Gasteiger partial charge in [0.2, 0.25) is 0 Å². The highest BCUT2D eigenvalue weighted by Gasteiger charge is 2.28. The van der Waals surface area contributed by atoms with Crippen molar-refractivity contribution in [3.63, 3.8) is 0 Å². The summed E-state index contributed by atoms with van der Waals surface area (Å²) in [6.07, 6.45) is 2.76. The summed E-state index contributed by atoms with van der Waals surface area (Å²) in [4.78, 5) is 23.8. The SMILES string of the molecule is CCOc1nc2ccccc2nc1N1CCCC[C@@H]1CNC(=O)OC(C)(C)C. The van der Waals surface area contributed by atoms with E-state index in [1.807, 2.05) is 52.0 Å². The molecule has 1 N–H and O–H groups in total. The van der Waals surface area contributed by atoms with Gasteiger partial charge < -0.3 is 19.7 Å². The highest BCUT2D eigenvalue weighted by atomic mass is 16.6. The second-order valence-corrected chi connectivity index (χ2v) is 8.00. The van der Waals surface area contributed by atoms with Crippen molar-refractivity contribution in [3.8, 4) is 5.88 Å². The van der Waals surface area contributed by atoms with Gasteiger partial charge in [-0.1, -0.05) is 12.1 Å². The van der Waals surface area contributed by atoms with Gasteiger partial charge in [-0.15, -0.1) is 0 Å². The Morgan fingerprint density at radius 3 is 2.61 bits per heavy atom. The fourth-order valence-corrected chi connectivity index (χ4v) is 3.40. The van der Waals surface area contributed by atoms with Crippen LogP contribution in [0.3, 0.4) is 0 Å². The first-order valence-corrected chi connectivity index (χ1v) is 10.0. The zero-order valence-corrected chi connectivity index (χ0v) is 17.2. The van der Waals surface area contributed by atoms with Gasteiger partial charge in [0.1, 0.15) is 5.60 Å². The predicted molar refractivity (Wildman–Crippen MR) is 110 cm³/mol. The molecule has 7 heteroatoms. The number of rotatable bonds is 5. The van der Waals surface area contributed by atoms with E-state index in [0.717, 1.165) is 42.7 Å². The smallest absolute Gasteiger partial charge is 0.407 e. The number of nitrogens with one attached hydrogen (secondary N) is 1. The zero-order chi connectivity index (χ0) is 20.1. The fourth-order valence-electron chi connectivity index (χ4n) is 3.40. The molecule has 1 aliphatic rings. The minimum Gasteiger partial charge on any atom is -0.475 e. The summed E-state index contributed by atoms with van der Waals surface area (Å²) in [5, 5.41) is 2.91. The van der Waals surface area contributed by atoms with E-state index >= 15 is 0 Å². The number of anilines is 1. The molecule has 2 heterocycles. The van der Waals surface area contributed by atoms with Crippen molar-refractivity contribution in [1.29, 1.82) is 0 Å². The molecule has 152 valence electrons. The molecule has 0 radical (unpaired) electrons. The van der Waals surface area contributed by atoms with Crippen molar-refractivity contribution in [2.75, 3.05) is 24.6 Å². The predicted octanol–water partition coefficient (Wildman–Crippen LogP) is 3.91. The molecule has 0 unspecified atom stereocenters. The standard InChI is InChI=1S/C21H30N4O3/c1-5-27-19-18(23-16-11-6-7-12-17(16)24-19)25-13-9-8-10-15(25)14-22-20(26)28-21(2,3)4/h6-7,11-12,15H,5,8-10,13-14H2,1-4H3,(H,22,26)/t15-/m1/s1. The van der Waals surface area contributed by atoms with Gasteiger partial charge in [0, 0.05) is 19.1 Å². The van der Waals surface area contributed by atoms with Gasteiger partial charge in [0.15, 0.2) is 5.82 Å². The lowest BCUT2D eigenvalue weighted by Crippen LogP contribution is -2.48. The Morgan fingerprint density at radius 2 is 1.93 bits per heavy atom. The Labute approximate surface area is 166 Å². The molecule has 1 aromatic carbocycles. The minimum atomic E-state index is -0.512. The van der Waals surface area contributed by atoms with Crippen LogP contribution in [0, 0.1) is 0 Å². The first kappa shape index (κ1) is 20.2. The third kappa shape index (κ3) is 5.03. The highest BCUT2D eigenvalue weighted by molar-refractivity contribution is 5.77. The molecule has 0 saturated carbocycles. The van der Waals surface area contributed by atoms with Crippen LogP contribution >= 0.6 is 0 Å². The fraction of sp³-hybridized carbons (Fsp3) is 0.571. The lowest BCUT2D eigenvalue weighted by Gasteiger charge is -2.37. The zero-order valence-electron chi connectivity index (χ0n) is 17.2. The molecule has 7 nitrogen and oxygen atoms in total. The molecular formula is C21H30N4O3. The Morgan fingerprint density at radius 1 is 1.21 bits per heavy atom. The Balaban J connectivity index is 1.83. The molecule has 1 atom stereocenters. The summed E-state index contributed by atoms with van der Waals surface area (Å²) in [5.41, 5.74) is 1.14. The van der Waals surface area contributed by atoms with Gasteiger partial charge in [-0.3, -0.25) is 0 Å². The summed E-state index contributed by atoms with van der Waals surface area (Å²) >= 11 is 0. The van der Waals surface area contributed by atoms with E-state index in [2.05, 4.69) is 15.2 Å². The number of aromatic nitrogens is 2. The summed E-state index contributed by atoms with van der Waals surface area (Å²) < 4.78 is 11.2. The maximum Gasteiger partial charge on any atom is 0.407 e. The number of ether oxygens (including phenoxy) is 2. The molecule has 1 aliphatic heterocycles. The third-order valence-electron chi connectivity index (χ3n) is 4.58. The van der Waals surface area contributed by atoms with Crippen LogP contribution in [0.15, 0.2) is 24.3 Å². The summed E-state index contributed by atoms with van der Waals surface area (Å²) in [6, 6.07) is 7.92. The van der Waals surface area contributed by atoms with Crippen LogP contribution in [0.25, 0.3) is 11.0 Å². The van der Waals surface area contributed by atoms with Crippen LogP contribution in [0.2, 0.25) is 0 Å². The molecule has 0 spiro atoms. The van der Waals surface area contributed by atoms with E-state index in [0.29, 0.717) is 19.0 Å². The molecule has 1 aromatic heterocycles. The van der Waals surface area contributed by atoms with Crippen LogP contribution in [0.1, 0.15) is 47.0 Å². The molecule has 3 rings (SSSR count). The first-order chi connectivity index (χ1) is 13.4. The van der Waals surface area contributed by atoms with Gasteiger partial charge in [0.25, 0.3) is 5.88 Å². The number of benzene rings is 1. The normalized spacial score (nSPS) is 17.4. The van der Waals surface area contributed by atoms with E-state index < -0.39 is 11.7 Å². The number of fused-ring (bicyclic) bond motifs is 1. The summed E-state index contributed by atoms with van der Waals surface area (Å²) in [5.74, 6) is 1.29. The molecule has 0 bridgehead atoms. The summed E-state index contributed by atoms with van der Waals surface area (Å²) in [6.45, 7) is 9.39. The second kappa shape index (κ2) is 8.63. The maximum absolute atomic E-state index is 12.1. The second-order valence-electron chi connectivity index (χ2n) is 8.00. The number of piperidine rings is 1. The number of amides is 1. The van der Waals surface area contributed by atoms with Crippen molar-refractivity contribution in [2.24, 2.45) is 0 Å². The van der Waals surface area contributed by atoms with Crippen LogP contribution in [-0.4, -0.2) is 47.4 Å². The highest BCUT2D eigenvalue weighted by Crippen LogP contribution is 2.31. The molecular weight excluding hydrogens is 356 g/mol. The number of para-hydroxylation sites is 2. The number of carbonyl (C=O) groups excluding carboxylic acids is 1. The minimum absolute atomic E-state index is 0.121. The number of hydrogen-bond acceptors (Lipinski definition) is 6. The van der Waals surface area contributed by atoms with Crippen molar-refractivity contribution < 1.29 is 14.3 Å². The lowest BCUT2D eigenvalue weighted by atomic mass is 10.0. The quantitative estimate of drug-likeness (QED) is 0.839.